The van der Waals surface area contributed by atoms with E-state index in [1.807, 2.05) is 19.1 Å². The first kappa shape index (κ1) is 31.4. The predicted octanol–water partition coefficient (Wildman–Crippen LogP) is 3.39. The van der Waals surface area contributed by atoms with E-state index >= 15 is 0 Å². The molecule has 0 spiro atoms. The number of hydrogen-bond acceptors (Lipinski definition) is 8. The predicted molar refractivity (Wildman–Crippen MR) is 164 cm³/mol. The average molecular weight is 642 g/mol. The van der Waals surface area contributed by atoms with Crippen LogP contribution in [0, 0.1) is 23.6 Å². The highest BCUT2D eigenvalue weighted by molar-refractivity contribution is 7.91. The molecule has 13 heteroatoms. The van der Waals surface area contributed by atoms with Gasteiger partial charge in [-0.05, 0) is 69.4 Å². The summed E-state index contributed by atoms with van der Waals surface area (Å²) in [7, 11) is -3.92. The van der Waals surface area contributed by atoms with E-state index in [0.717, 1.165) is 19.3 Å². The lowest BCUT2D eigenvalue weighted by atomic mass is 9.91. The van der Waals surface area contributed by atoms with Crippen LogP contribution in [0.2, 0.25) is 0 Å². The van der Waals surface area contributed by atoms with Crippen molar-refractivity contribution in [3.63, 3.8) is 0 Å². The van der Waals surface area contributed by atoms with Crippen LogP contribution in [0.4, 0.5) is 4.39 Å². The van der Waals surface area contributed by atoms with Gasteiger partial charge in [-0.25, -0.2) is 22.8 Å². The van der Waals surface area contributed by atoms with E-state index in [9.17, 15) is 27.2 Å². The summed E-state index contributed by atoms with van der Waals surface area (Å²) in [6.07, 6.45) is 8.80. The minimum atomic E-state index is -3.92. The van der Waals surface area contributed by atoms with E-state index in [1.165, 1.54) is 29.3 Å². The van der Waals surface area contributed by atoms with Gasteiger partial charge in [-0.15, -0.1) is 0 Å². The molecule has 2 saturated carbocycles. The number of nitrogens with one attached hydrogen (secondary N) is 2. The number of nitrogens with zero attached hydrogens (tertiary/aromatic N) is 3. The molecular weight excluding hydrogens is 601 g/mol. The highest BCUT2D eigenvalue weighted by Gasteiger charge is 2.63. The first-order chi connectivity index (χ1) is 21.3. The molecule has 6 atom stereocenters. The average Bonchev–Trinajstić information content (AvgIpc) is 3.85. The number of rotatable bonds is 5. The highest BCUT2D eigenvalue weighted by Crippen LogP contribution is 2.47. The van der Waals surface area contributed by atoms with Gasteiger partial charge in [-0.1, -0.05) is 26.0 Å². The highest BCUT2D eigenvalue weighted by atomic mass is 32.2. The zero-order valence-corrected chi connectivity index (χ0v) is 26.6. The molecule has 2 aliphatic carbocycles. The van der Waals surface area contributed by atoms with E-state index in [4.69, 9.17) is 4.74 Å². The van der Waals surface area contributed by atoms with Gasteiger partial charge in [-0.3, -0.25) is 19.1 Å². The molecule has 45 heavy (non-hydrogen) atoms. The summed E-state index contributed by atoms with van der Waals surface area (Å²) in [5.41, 5.74) is -0.625. The van der Waals surface area contributed by atoms with Crippen LogP contribution in [-0.4, -0.2) is 70.0 Å². The third-order valence-electron chi connectivity index (χ3n) is 9.77. The minimum Gasteiger partial charge on any atom is -0.471 e. The Morgan fingerprint density at radius 2 is 1.93 bits per heavy atom. The lowest BCUT2D eigenvalue weighted by Gasteiger charge is -2.27. The first-order valence-corrected chi connectivity index (χ1v) is 17.2. The Morgan fingerprint density at radius 3 is 2.69 bits per heavy atom. The second-order valence-corrected chi connectivity index (χ2v) is 15.9. The molecule has 0 unspecified atom stereocenters. The van der Waals surface area contributed by atoms with Gasteiger partial charge in [0.25, 0.3) is 5.91 Å². The summed E-state index contributed by atoms with van der Waals surface area (Å²) < 4.78 is 46.9. The van der Waals surface area contributed by atoms with Crippen molar-refractivity contribution < 1.29 is 31.9 Å². The van der Waals surface area contributed by atoms with Crippen molar-refractivity contribution in [1.29, 1.82) is 0 Å². The molecular formula is C32H40FN5O6S. The molecule has 1 aromatic carbocycles. The third kappa shape index (κ3) is 6.41. The number of hydrogen-bond donors (Lipinski definition) is 2. The summed E-state index contributed by atoms with van der Waals surface area (Å²) in [6, 6.07) is 3.11. The number of ether oxygens (including phenoxy) is 1. The lowest BCUT2D eigenvalue weighted by Crippen LogP contribution is -2.57. The van der Waals surface area contributed by atoms with Crippen molar-refractivity contribution in [1.82, 2.24) is 24.9 Å². The second-order valence-electron chi connectivity index (χ2n) is 13.7. The minimum absolute atomic E-state index is 0.0940. The van der Waals surface area contributed by atoms with E-state index in [2.05, 4.69) is 26.9 Å². The fourth-order valence-electron chi connectivity index (χ4n) is 6.61. The quantitative estimate of drug-likeness (QED) is 0.473. The topological polar surface area (TPSA) is 148 Å². The number of benzene rings is 1. The van der Waals surface area contributed by atoms with E-state index in [0.29, 0.717) is 29.8 Å². The molecule has 3 fully saturated rings. The maximum atomic E-state index is 14.0. The Labute approximate surface area is 262 Å². The van der Waals surface area contributed by atoms with Gasteiger partial charge in [0.1, 0.15) is 23.5 Å². The number of amides is 3. The fraction of sp³-hybridized carbons (Fsp3) is 0.594. The molecule has 4 aliphatic rings. The van der Waals surface area contributed by atoms with Gasteiger partial charge in [0.2, 0.25) is 27.7 Å². The molecule has 3 amide bonds. The van der Waals surface area contributed by atoms with Crippen LogP contribution >= 0.6 is 0 Å². The van der Waals surface area contributed by atoms with Crippen molar-refractivity contribution in [3.05, 3.63) is 42.4 Å². The maximum absolute atomic E-state index is 14.0. The smallest absolute Gasteiger partial charge is 0.259 e. The Balaban J connectivity index is 1.26. The molecule has 11 nitrogen and oxygen atoms in total. The third-order valence-corrected chi connectivity index (χ3v) is 11.9. The van der Waals surface area contributed by atoms with E-state index in [-0.39, 0.29) is 49.4 Å². The summed E-state index contributed by atoms with van der Waals surface area (Å²) in [4.78, 5) is 51.4. The molecule has 2 N–H and O–H groups in total. The zero-order chi connectivity index (χ0) is 32.1. The molecule has 0 radical (unpaired) electrons. The normalized spacial score (nSPS) is 32.4. The second kappa shape index (κ2) is 11.6. The van der Waals surface area contributed by atoms with Gasteiger partial charge in [-0.2, -0.15) is 0 Å². The van der Waals surface area contributed by atoms with Crippen LogP contribution in [0.5, 0.6) is 5.88 Å². The van der Waals surface area contributed by atoms with Crippen molar-refractivity contribution in [2.24, 2.45) is 17.8 Å². The largest absolute Gasteiger partial charge is 0.471 e. The van der Waals surface area contributed by atoms with Gasteiger partial charge >= 0.3 is 0 Å². The SMILES string of the molecule is C[C@@H]1CC/C=C\[C@@H]2C[C@@]2(C(=O)NS(=O)(=O)C2(C)CC2)NC(=O)[C@@H]2C[C@@H](Oc3cnc4cc(F)ccc4n3)CN2C(=O)C[C@H](C)C1. The number of carbonyl (C=O) groups is 3. The number of halogens is 1. The van der Waals surface area contributed by atoms with Crippen LogP contribution in [0.3, 0.4) is 0 Å². The van der Waals surface area contributed by atoms with Crippen molar-refractivity contribution in [2.75, 3.05) is 6.54 Å². The van der Waals surface area contributed by atoms with Crippen LogP contribution in [0.15, 0.2) is 36.5 Å². The standard InChI is InChI=1S/C32H40FN5O6S/c1-19-6-4-5-7-21-16-32(21,30(41)37-45(42,43)31(3)10-11-31)36-29(40)26-15-23(18-38(26)28(39)13-20(2)12-19)44-27-17-34-25-14-22(33)8-9-24(25)35-27/h5,7-9,14,17,19-21,23,26H,4,6,10-13,15-16,18H2,1-3H3,(H,36,40)(H,37,41)/b7-5-/t19-,20-,21-,23-,26+,32-/m1/s1. The molecule has 2 aromatic rings. The lowest BCUT2D eigenvalue weighted by molar-refractivity contribution is -0.140. The van der Waals surface area contributed by atoms with Gasteiger partial charge in [0.05, 0.1) is 28.5 Å². The number of allylic oxidation sites excluding steroid dienone is 1. The molecule has 6 rings (SSSR count). The molecule has 2 aliphatic heterocycles. The molecule has 3 heterocycles. The number of aromatic nitrogens is 2. The molecule has 242 valence electrons. The summed E-state index contributed by atoms with van der Waals surface area (Å²) in [5, 5.41) is 2.88. The summed E-state index contributed by atoms with van der Waals surface area (Å²) >= 11 is 0. The Kier molecular flexibility index (Phi) is 8.11. The van der Waals surface area contributed by atoms with Crippen molar-refractivity contribution in [2.45, 2.75) is 94.6 Å². The first-order valence-electron chi connectivity index (χ1n) is 15.7. The summed E-state index contributed by atoms with van der Waals surface area (Å²) in [6.45, 7) is 5.90. The van der Waals surface area contributed by atoms with Crippen molar-refractivity contribution in [3.8, 4) is 5.88 Å². The molecule has 1 aromatic heterocycles. The zero-order valence-electron chi connectivity index (χ0n) is 25.8. The Bertz CT molecular complexity index is 1660. The molecule has 1 saturated heterocycles. The van der Waals surface area contributed by atoms with Crippen LogP contribution < -0.4 is 14.8 Å². The number of carbonyl (C=O) groups excluding carboxylic acids is 3. The van der Waals surface area contributed by atoms with Gasteiger partial charge in [0.15, 0.2) is 0 Å². The van der Waals surface area contributed by atoms with Crippen LogP contribution in [0.25, 0.3) is 11.0 Å². The van der Waals surface area contributed by atoms with Gasteiger partial charge in [0, 0.05) is 24.8 Å². The monoisotopic (exact) mass is 641 g/mol. The fourth-order valence-corrected chi connectivity index (χ4v) is 7.92. The Hall–Kier alpha value is -3.61. The van der Waals surface area contributed by atoms with Crippen molar-refractivity contribution >= 4 is 38.8 Å². The van der Waals surface area contributed by atoms with Crippen LogP contribution in [0.1, 0.15) is 72.1 Å². The van der Waals surface area contributed by atoms with E-state index in [1.54, 1.807) is 6.92 Å². The number of fused-ring (bicyclic) bond motifs is 3. The van der Waals surface area contributed by atoms with Crippen LogP contribution in [-0.2, 0) is 24.4 Å². The maximum Gasteiger partial charge on any atom is 0.259 e. The van der Waals surface area contributed by atoms with E-state index < -0.39 is 50.1 Å². The number of sulfonamides is 1. The Morgan fingerprint density at radius 1 is 1.16 bits per heavy atom. The summed E-state index contributed by atoms with van der Waals surface area (Å²) in [5.74, 6) is -1.65. The molecule has 0 bridgehead atoms. The van der Waals surface area contributed by atoms with Gasteiger partial charge < -0.3 is 15.0 Å².